The molecular formula is C29H30F3N7O3S. The highest BCUT2D eigenvalue weighted by atomic mass is 32.2. The van der Waals surface area contributed by atoms with E-state index < -0.39 is 33.5 Å². The standard InChI is InChI=1S/C29H30F3N7O3S/c1-38-26(27(36-37-38)29(33,34)40)18-12-22-24(35-15-18)23-20(30)13-19(43(2,41)42)14-21(23)39(22)25(16-6-4-3-5-7-16)17-8-10-28(31,32)11-9-17/h3-7,12-15,17,25,40H,8-11,33-34H2,1-2H3. The van der Waals surface area contributed by atoms with E-state index >= 15 is 4.39 Å². The number of nitrogens with zero attached hydrogens (tertiary/aromatic N) is 5. The van der Waals surface area contributed by atoms with E-state index in [-0.39, 0.29) is 64.3 Å². The van der Waals surface area contributed by atoms with Crippen LogP contribution in [0.2, 0.25) is 0 Å². The van der Waals surface area contributed by atoms with Crippen LogP contribution < -0.4 is 11.5 Å². The van der Waals surface area contributed by atoms with Gasteiger partial charge in [0.15, 0.2) is 15.5 Å². The van der Waals surface area contributed by atoms with Gasteiger partial charge in [0.1, 0.15) is 5.82 Å². The third-order valence-electron chi connectivity index (χ3n) is 8.20. The van der Waals surface area contributed by atoms with Crippen molar-refractivity contribution in [1.29, 1.82) is 0 Å². The second-order valence-corrected chi connectivity index (χ2v) is 13.3. The molecule has 226 valence electrons. The molecule has 3 heterocycles. The molecular weight excluding hydrogens is 583 g/mol. The monoisotopic (exact) mass is 613 g/mol. The van der Waals surface area contributed by atoms with Crippen molar-refractivity contribution < 1.29 is 26.7 Å². The van der Waals surface area contributed by atoms with Gasteiger partial charge in [0.25, 0.3) is 0 Å². The predicted octanol–water partition coefficient (Wildman–Crippen LogP) is 3.96. The number of aliphatic hydroxyl groups is 1. The zero-order valence-electron chi connectivity index (χ0n) is 23.4. The lowest BCUT2D eigenvalue weighted by molar-refractivity contribution is -0.0493. The maximum atomic E-state index is 15.9. The first-order valence-corrected chi connectivity index (χ1v) is 15.5. The lowest BCUT2D eigenvalue weighted by Crippen LogP contribution is -2.46. The minimum atomic E-state index is -3.82. The molecule has 10 nitrogen and oxygen atoms in total. The van der Waals surface area contributed by atoms with Crippen LogP contribution in [-0.4, -0.2) is 50.2 Å². The average molecular weight is 614 g/mol. The molecule has 0 saturated heterocycles. The second-order valence-electron chi connectivity index (χ2n) is 11.3. The van der Waals surface area contributed by atoms with Crippen molar-refractivity contribution in [2.24, 2.45) is 24.4 Å². The number of hydrogen-bond acceptors (Lipinski definition) is 8. The van der Waals surface area contributed by atoms with E-state index in [1.165, 1.54) is 16.9 Å². The lowest BCUT2D eigenvalue weighted by Gasteiger charge is -2.35. The van der Waals surface area contributed by atoms with E-state index in [4.69, 9.17) is 11.5 Å². The fourth-order valence-corrected chi connectivity index (χ4v) is 6.85. The summed E-state index contributed by atoms with van der Waals surface area (Å²) in [4.78, 5) is 4.36. The first kappa shape index (κ1) is 29.2. The van der Waals surface area contributed by atoms with Crippen LogP contribution in [0.15, 0.2) is 59.6 Å². The van der Waals surface area contributed by atoms with Gasteiger partial charge < -0.3 is 9.67 Å². The van der Waals surface area contributed by atoms with Gasteiger partial charge in [-0.1, -0.05) is 35.5 Å². The molecule has 3 aromatic heterocycles. The summed E-state index contributed by atoms with van der Waals surface area (Å²) in [6.07, 6.45) is 2.20. The van der Waals surface area contributed by atoms with Gasteiger partial charge >= 0.3 is 0 Å². The van der Waals surface area contributed by atoms with Crippen LogP contribution in [0.5, 0.6) is 0 Å². The van der Waals surface area contributed by atoms with E-state index in [2.05, 4.69) is 15.3 Å². The normalized spacial score (nSPS) is 17.1. The third-order valence-corrected chi connectivity index (χ3v) is 9.29. The molecule has 6 rings (SSSR count). The highest BCUT2D eigenvalue weighted by Gasteiger charge is 2.40. The van der Waals surface area contributed by atoms with Crippen molar-refractivity contribution in [3.8, 4) is 11.3 Å². The highest BCUT2D eigenvalue weighted by Crippen LogP contribution is 2.46. The largest absolute Gasteiger partial charge is 0.358 e. The van der Waals surface area contributed by atoms with Gasteiger partial charge in [-0.15, -0.1) is 5.10 Å². The lowest BCUT2D eigenvalue weighted by atomic mass is 9.79. The first-order valence-electron chi connectivity index (χ1n) is 13.6. The van der Waals surface area contributed by atoms with Crippen molar-refractivity contribution in [3.63, 3.8) is 0 Å². The van der Waals surface area contributed by atoms with Crippen LogP contribution in [0.3, 0.4) is 0 Å². The van der Waals surface area contributed by atoms with Gasteiger partial charge in [0, 0.05) is 37.9 Å². The molecule has 1 atom stereocenters. The maximum Gasteiger partial charge on any atom is 0.248 e. The summed E-state index contributed by atoms with van der Waals surface area (Å²) >= 11 is 0. The molecule has 0 amide bonds. The number of hydrogen-bond donors (Lipinski definition) is 3. The number of rotatable bonds is 6. The molecule has 1 aliphatic rings. The number of benzene rings is 2. The van der Waals surface area contributed by atoms with Gasteiger partial charge in [-0.2, -0.15) is 0 Å². The number of aromatic nitrogens is 5. The molecule has 1 saturated carbocycles. The predicted molar refractivity (Wildman–Crippen MR) is 154 cm³/mol. The van der Waals surface area contributed by atoms with Gasteiger partial charge in [-0.3, -0.25) is 16.5 Å². The van der Waals surface area contributed by atoms with Crippen molar-refractivity contribution in [2.45, 2.75) is 48.4 Å². The Hall–Kier alpha value is -3.85. The Kier molecular flexibility index (Phi) is 6.88. The Morgan fingerprint density at radius 1 is 1.09 bits per heavy atom. The van der Waals surface area contributed by atoms with E-state index in [1.54, 1.807) is 17.7 Å². The number of pyridine rings is 1. The van der Waals surface area contributed by atoms with Gasteiger partial charge in [0.05, 0.1) is 38.6 Å². The molecule has 5 N–H and O–H groups in total. The summed E-state index contributed by atoms with van der Waals surface area (Å²) in [6, 6.07) is 12.7. The van der Waals surface area contributed by atoms with Crippen molar-refractivity contribution in [2.75, 3.05) is 6.26 Å². The van der Waals surface area contributed by atoms with Gasteiger partial charge in [-0.25, -0.2) is 26.3 Å². The quantitative estimate of drug-likeness (QED) is 0.243. The van der Waals surface area contributed by atoms with Crippen LogP contribution in [0, 0.1) is 11.7 Å². The Bertz CT molecular complexity index is 1960. The van der Waals surface area contributed by atoms with E-state index in [1.807, 2.05) is 30.3 Å². The van der Waals surface area contributed by atoms with E-state index in [0.717, 1.165) is 17.9 Å². The SMILES string of the molecule is Cn1nnc(C(N)(N)O)c1-c1cnc2c3c(F)cc(S(C)(=O)=O)cc3n(C(c3ccccc3)C3CCC(F)(F)CC3)c2c1. The Morgan fingerprint density at radius 2 is 1.77 bits per heavy atom. The van der Waals surface area contributed by atoms with Crippen molar-refractivity contribution >= 4 is 31.8 Å². The van der Waals surface area contributed by atoms with Crippen LogP contribution in [-0.2, 0) is 22.7 Å². The smallest absolute Gasteiger partial charge is 0.248 e. The Labute approximate surface area is 245 Å². The fourth-order valence-electron chi connectivity index (χ4n) is 6.21. The van der Waals surface area contributed by atoms with Crippen LogP contribution in [0.4, 0.5) is 13.2 Å². The maximum absolute atomic E-state index is 15.9. The number of aryl methyl sites for hydroxylation is 1. The summed E-state index contributed by atoms with van der Waals surface area (Å²) < 4.78 is 72.9. The summed E-state index contributed by atoms with van der Waals surface area (Å²) in [5.41, 5.74) is 13.7. The molecule has 0 aliphatic heterocycles. The molecule has 14 heteroatoms. The second kappa shape index (κ2) is 10.1. The van der Waals surface area contributed by atoms with Crippen molar-refractivity contribution in [1.82, 2.24) is 24.5 Å². The molecule has 1 fully saturated rings. The Balaban J connectivity index is 1.71. The number of alkyl halides is 2. The molecule has 43 heavy (non-hydrogen) atoms. The topological polar surface area (TPSA) is 155 Å². The van der Waals surface area contributed by atoms with Crippen LogP contribution >= 0.6 is 0 Å². The zero-order chi connectivity index (χ0) is 30.9. The molecule has 0 bridgehead atoms. The minimum absolute atomic E-state index is 0.0912. The average Bonchev–Trinajstić information content (AvgIpc) is 3.48. The van der Waals surface area contributed by atoms with E-state index in [9.17, 15) is 22.3 Å². The number of fused-ring (bicyclic) bond motifs is 3. The van der Waals surface area contributed by atoms with E-state index in [0.29, 0.717) is 11.1 Å². The van der Waals surface area contributed by atoms with Gasteiger partial charge in [0.2, 0.25) is 11.8 Å². The van der Waals surface area contributed by atoms with Crippen molar-refractivity contribution in [3.05, 3.63) is 71.8 Å². The summed E-state index contributed by atoms with van der Waals surface area (Å²) in [5.74, 6) is -6.19. The summed E-state index contributed by atoms with van der Waals surface area (Å²) in [6.45, 7) is 0. The van der Waals surface area contributed by atoms with Crippen LogP contribution in [0.1, 0.15) is 43.0 Å². The number of halogens is 3. The molecule has 1 unspecified atom stereocenters. The fraction of sp³-hybridized carbons (Fsp3) is 0.345. The number of nitrogens with two attached hydrogens (primary N) is 2. The van der Waals surface area contributed by atoms with Crippen LogP contribution in [0.25, 0.3) is 33.2 Å². The molecule has 0 spiro atoms. The minimum Gasteiger partial charge on any atom is -0.358 e. The highest BCUT2D eigenvalue weighted by molar-refractivity contribution is 7.90. The van der Waals surface area contributed by atoms with Gasteiger partial charge in [-0.05, 0) is 42.5 Å². The molecule has 5 aromatic rings. The summed E-state index contributed by atoms with van der Waals surface area (Å²) in [7, 11) is -2.25. The zero-order valence-corrected chi connectivity index (χ0v) is 24.2. The summed E-state index contributed by atoms with van der Waals surface area (Å²) in [5, 5.41) is 18.3. The molecule has 2 aromatic carbocycles. The number of sulfone groups is 1. The Morgan fingerprint density at radius 3 is 2.40 bits per heavy atom. The first-order chi connectivity index (χ1) is 20.2. The molecule has 0 radical (unpaired) electrons. The molecule has 1 aliphatic carbocycles. The third kappa shape index (κ3) is 5.18.